The van der Waals surface area contributed by atoms with Crippen LogP contribution in [-0.2, 0) is 10.3 Å². The summed E-state index contributed by atoms with van der Waals surface area (Å²) in [5, 5.41) is 17.8. The number of hydrogen-bond donors (Lipinski definition) is 2. The van der Waals surface area contributed by atoms with Crippen molar-refractivity contribution in [3.8, 4) is 0 Å². The van der Waals surface area contributed by atoms with Gasteiger partial charge < -0.3 is 9.84 Å². The Bertz CT molecular complexity index is 612. The third kappa shape index (κ3) is 3.35. The largest absolute Gasteiger partial charge is 0.384 e. The molecule has 118 valence electrons. The Hall–Kier alpha value is -1.76. The summed E-state index contributed by atoms with van der Waals surface area (Å²) in [5.74, 6) is 1.47. The maximum atomic E-state index is 10.8. The average Bonchev–Trinajstić information content (AvgIpc) is 2.95. The van der Waals surface area contributed by atoms with Crippen LogP contribution in [-0.4, -0.2) is 51.4 Å². The Morgan fingerprint density at radius 1 is 1.41 bits per heavy atom. The average molecular weight is 302 g/mol. The van der Waals surface area contributed by atoms with E-state index in [2.05, 4.69) is 20.1 Å². The molecule has 2 atom stereocenters. The molecule has 2 N–H and O–H groups in total. The van der Waals surface area contributed by atoms with Crippen molar-refractivity contribution in [1.29, 1.82) is 0 Å². The van der Waals surface area contributed by atoms with Crippen LogP contribution in [0.15, 0.2) is 30.3 Å². The van der Waals surface area contributed by atoms with Gasteiger partial charge in [0.15, 0.2) is 5.82 Å². The number of morpholine rings is 1. The molecule has 22 heavy (non-hydrogen) atoms. The van der Waals surface area contributed by atoms with E-state index in [9.17, 15) is 5.11 Å². The van der Waals surface area contributed by atoms with Gasteiger partial charge in [-0.05, 0) is 19.4 Å². The van der Waals surface area contributed by atoms with Crippen LogP contribution < -0.4 is 0 Å². The zero-order valence-corrected chi connectivity index (χ0v) is 13.0. The lowest BCUT2D eigenvalue weighted by molar-refractivity contribution is -0.0654. The maximum Gasteiger partial charge on any atom is 0.180 e. The molecule has 1 aliphatic heterocycles. The molecule has 0 unspecified atom stereocenters. The van der Waals surface area contributed by atoms with E-state index >= 15 is 0 Å². The van der Waals surface area contributed by atoms with Crippen molar-refractivity contribution in [3.05, 3.63) is 47.5 Å². The molecule has 2 aromatic rings. The molecule has 1 saturated heterocycles. The minimum atomic E-state index is -0.891. The Morgan fingerprint density at radius 2 is 2.18 bits per heavy atom. The second-order valence-corrected chi connectivity index (χ2v) is 6.01. The predicted molar refractivity (Wildman–Crippen MR) is 82.3 cm³/mol. The monoisotopic (exact) mass is 302 g/mol. The van der Waals surface area contributed by atoms with E-state index < -0.39 is 5.60 Å². The molecular formula is C16H22N4O2. The van der Waals surface area contributed by atoms with Gasteiger partial charge in [0.05, 0.1) is 12.2 Å². The van der Waals surface area contributed by atoms with Crippen molar-refractivity contribution < 1.29 is 9.84 Å². The number of aromatic amines is 1. The topological polar surface area (TPSA) is 74.3 Å². The molecule has 1 aliphatic rings. The summed E-state index contributed by atoms with van der Waals surface area (Å²) >= 11 is 0. The van der Waals surface area contributed by atoms with E-state index in [1.807, 2.05) is 44.2 Å². The Kier molecular flexibility index (Phi) is 4.24. The standard InChI is InChI=1S/C16H22N4O2/c1-12-17-15(19-18-12)14-10-20(8-9-22-14)11-16(2,21)13-6-4-3-5-7-13/h3-7,14,21H,8-11H2,1-2H3,(H,17,18,19)/t14-,16+/m0/s1. The summed E-state index contributed by atoms with van der Waals surface area (Å²) in [5.41, 5.74) is 0.0321. The van der Waals surface area contributed by atoms with Crippen LogP contribution in [0.2, 0.25) is 0 Å². The molecule has 3 rings (SSSR count). The van der Waals surface area contributed by atoms with Crippen LogP contribution in [0.3, 0.4) is 0 Å². The molecule has 0 amide bonds. The van der Waals surface area contributed by atoms with Crippen LogP contribution in [0.1, 0.15) is 30.2 Å². The third-order valence-electron chi connectivity index (χ3n) is 3.98. The zero-order chi connectivity index (χ0) is 15.6. The molecule has 0 bridgehead atoms. The van der Waals surface area contributed by atoms with Gasteiger partial charge in [-0.2, -0.15) is 5.10 Å². The summed E-state index contributed by atoms with van der Waals surface area (Å²) in [6.45, 7) is 6.37. The highest BCUT2D eigenvalue weighted by Crippen LogP contribution is 2.25. The molecule has 1 aromatic carbocycles. The van der Waals surface area contributed by atoms with Crippen molar-refractivity contribution in [3.63, 3.8) is 0 Å². The smallest absolute Gasteiger partial charge is 0.180 e. The van der Waals surface area contributed by atoms with Crippen molar-refractivity contribution >= 4 is 0 Å². The molecule has 0 aliphatic carbocycles. The Morgan fingerprint density at radius 3 is 2.86 bits per heavy atom. The maximum absolute atomic E-state index is 10.8. The second kappa shape index (κ2) is 6.16. The van der Waals surface area contributed by atoms with Gasteiger partial charge in [-0.25, -0.2) is 4.98 Å². The Balaban J connectivity index is 1.67. The molecule has 2 heterocycles. The molecule has 6 nitrogen and oxygen atoms in total. The van der Waals surface area contributed by atoms with Crippen molar-refractivity contribution in [2.75, 3.05) is 26.2 Å². The first-order valence-corrected chi connectivity index (χ1v) is 7.55. The quantitative estimate of drug-likeness (QED) is 0.893. The fraction of sp³-hybridized carbons (Fsp3) is 0.500. The highest BCUT2D eigenvalue weighted by atomic mass is 16.5. The normalized spacial score (nSPS) is 22.4. The highest BCUT2D eigenvalue weighted by molar-refractivity contribution is 5.21. The van der Waals surface area contributed by atoms with Crippen LogP contribution in [0.25, 0.3) is 0 Å². The summed E-state index contributed by atoms with van der Waals surface area (Å²) < 4.78 is 5.76. The number of ether oxygens (including phenoxy) is 1. The predicted octanol–water partition coefficient (Wildman–Crippen LogP) is 1.39. The number of aromatic nitrogens is 3. The summed E-state index contributed by atoms with van der Waals surface area (Å²) in [4.78, 5) is 6.54. The van der Waals surface area contributed by atoms with Crippen molar-refractivity contribution in [2.45, 2.75) is 25.6 Å². The van der Waals surface area contributed by atoms with E-state index in [0.29, 0.717) is 25.5 Å². The van der Waals surface area contributed by atoms with E-state index in [1.165, 1.54) is 0 Å². The number of hydrogen-bond acceptors (Lipinski definition) is 5. The first kappa shape index (κ1) is 15.1. The first-order chi connectivity index (χ1) is 10.5. The lowest BCUT2D eigenvalue weighted by Crippen LogP contribution is -2.45. The zero-order valence-electron chi connectivity index (χ0n) is 13.0. The minimum absolute atomic E-state index is 0.148. The summed E-state index contributed by atoms with van der Waals surface area (Å²) in [6, 6.07) is 9.76. The third-order valence-corrected chi connectivity index (χ3v) is 3.98. The highest BCUT2D eigenvalue weighted by Gasteiger charge is 2.31. The van der Waals surface area contributed by atoms with E-state index in [1.54, 1.807) is 0 Å². The van der Waals surface area contributed by atoms with Crippen LogP contribution >= 0.6 is 0 Å². The van der Waals surface area contributed by atoms with Crippen molar-refractivity contribution in [1.82, 2.24) is 20.1 Å². The van der Waals surface area contributed by atoms with E-state index in [-0.39, 0.29) is 6.10 Å². The lowest BCUT2D eigenvalue weighted by atomic mass is 9.95. The molecule has 0 saturated carbocycles. The van der Waals surface area contributed by atoms with Crippen LogP contribution in [0, 0.1) is 6.92 Å². The SMILES string of the molecule is Cc1nc([C@@H]2CN(C[C@@](C)(O)c3ccccc3)CCO2)n[nH]1. The number of rotatable bonds is 4. The number of β-amino-alcohol motifs (C(OH)–C–C–N with tert-alkyl or cyclic N) is 1. The summed E-state index contributed by atoms with van der Waals surface area (Å²) in [7, 11) is 0. The number of aliphatic hydroxyl groups is 1. The van der Waals surface area contributed by atoms with Gasteiger partial charge in [-0.1, -0.05) is 30.3 Å². The van der Waals surface area contributed by atoms with Gasteiger partial charge >= 0.3 is 0 Å². The fourth-order valence-corrected chi connectivity index (χ4v) is 2.83. The number of aryl methyl sites for hydroxylation is 1. The van der Waals surface area contributed by atoms with E-state index in [4.69, 9.17) is 4.74 Å². The van der Waals surface area contributed by atoms with Gasteiger partial charge in [0.1, 0.15) is 11.9 Å². The fourth-order valence-electron chi connectivity index (χ4n) is 2.83. The molecule has 6 heteroatoms. The van der Waals surface area contributed by atoms with E-state index in [0.717, 1.165) is 17.9 Å². The molecule has 0 radical (unpaired) electrons. The number of nitrogens with zero attached hydrogens (tertiary/aromatic N) is 3. The summed E-state index contributed by atoms with van der Waals surface area (Å²) in [6.07, 6.45) is -0.148. The number of nitrogens with one attached hydrogen (secondary N) is 1. The van der Waals surface area contributed by atoms with Gasteiger partial charge in [-0.15, -0.1) is 0 Å². The van der Waals surface area contributed by atoms with Gasteiger partial charge in [0.2, 0.25) is 0 Å². The molecule has 1 aromatic heterocycles. The minimum Gasteiger partial charge on any atom is -0.384 e. The first-order valence-electron chi connectivity index (χ1n) is 7.55. The Labute approximate surface area is 130 Å². The van der Waals surface area contributed by atoms with Crippen LogP contribution in [0.5, 0.6) is 0 Å². The second-order valence-electron chi connectivity index (χ2n) is 6.01. The number of benzene rings is 1. The van der Waals surface area contributed by atoms with Crippen LogP contribution in [0.4, 0.5) is 0 Å². The molecule has 1 fully saturated rings. The van der Waals surface area contributed by atoms with Crippen molar-refractivity contribution in [2.24, 2.45) is 0 Å². The molecule has 0 spiro atoms. The lowest BCUT2D eigenvalue weighted by Gasteiger charge is -2.36. The van der Waals surface area contributed by atoms with Gasteiger partial charge in [0.25, 0.3) is 0 Å². The van der Waals surface area contributed by atoms with Gasteiger partial charge in [0, 0.05) is 19.6 Å². The van der Waals surface area contributed by atoms with Gasteiger partial charge in [-0.3, -0.25) is 10.00 Å². The number of H-pyrrole nitrogens is 1. The molecular weight excluding hydrogens is 280 g/mol.